The number of aromatic nitrogens is 2. The lowest BCUT2D eigenvalue weighted by Crippen LogP contribution is -2.08. The minimum absolute atomic E-state index is 0. The van der Waals surface area contributed by atoms with Gasteiger partial charge in [-0.15, -0.1) is 24.8 Å². The summed E-state index contributed by atoms with van der Waals surface area (Å²) in [4.78, 5) is 8.19. The summed E-state index contributed by atoms with van der Waals surface area (Å²) in [6.07, 6.45) is 3.02. The Labute approximate surface area is 158 Å². The number of rotatable bonds is 6. The molecule has 7 nitrogen and oxygen atoms in total. The third-order valence-corrected chi connectivity index (χ3v) is 3.69. The molecule has 4 N–H and O–H groups in total. The number of aliphatic hydroxyl groups excluding tert-OH is 3. The predicted molar refractivity (Wildman–Crippen MR) is 96.2 cm³/mol. The standard InChI is InChI=1S/C16H20N2O5.2ClH/c1-9-15(22)13(6-20)12(4-17-9)8-23-16-10(2)18-3-11(5-19)14(16)7-21;;/h3-4,19-22H,5-8H2,1-2H3;2*1H. The fourth-order valence-corrected chi connectivity index (χ4v) is 2.31. The van der Waals surface area contributed by atoms with Crippen LogP contribution in [0.25, 0.3) is 0 Å². The van der Waals surface area contributed by atoms with Gasteiger partial charge in [0.05, 0.1) is 31.2 Å². The number of aryl methyl sites for hydroxylation is 2. The zero-order valence-electron chi connectivity index (χ0n) is 13.9. The van der Waals surface area contributed by atoms with E-state index in [-0.39, 0.29) is 57.0 Å². The van der Waals surface area contributed by atoms with Crippen LogP contribution in [0.1, 0.15) is 33.6 Å². The summed E-state index contributed by atoms with van der Waals surface area (Å²) in [6.45, 7) is 2.53. The number of nitrogens with zero attached hydrogens (tertiary/aromatic N) is 2. The Morgan fingerprint density at radius 1 is 0.840 bits per heavy atom. The molecule has 0 aromatic carbocycles. The first-order chi connectivity index (χ1) is 11.0. The molecule has 0 unspecified atom stereocenters. The van der Waals surface area contributed by atoms with Gasteiger partial charge in [0.25, 0.3) is 0 Å². The Kier molecular flexibility index (Phi) is 9.69. The van der Waals surface area contributed by atoms with E-state index >= 15 is 0 Å². The van der Waals surface area contributed by atoms with Gasteiger partial charge >= 0.3 is 0 Å². The molecule has 0 saturated heterocycles. The maximum absolute atomic E-state index is 9.95. The molecule has 0 spiro atoms. The lowest BCUT2D eigenvalue weighted by molar-refractivity contribution is 0.238. The van der Waals surface area contributed by atoms with Gasteiger partial charge in [-0.25, -0.2) is 0 Å². The highest BCUT2D eigenvalue weighted by Crippen LogP contribution is 2.28. The Hall–Kier alpha value is -1.64. The van der Waals surface area contributed by atoms with Crippen molar-refractivity contribution in [2.24, 2.45) is 0 Å². The van der Waals surface area contributed by atoms with Crippen LogP contribution in [0.2, 0.25) is 0 Å². The molecule has 0 fully saturated rings. The second kappa shape index (κ2) is 10.4. The molecule has 0 atom stereocenters. The molecular weight excluding hydrogens is 371 g/mol. The monoisotopic (exact) mass is 392 g/mol. The highest BCUT2D eigenvalue weighted by atomic mass is 35.5. The van der Waals surface area contributed by atoms with Crippen molar-refractivity contribution in [1.82, 2.24) is 9.97 Å². The van der Waals surface area contributed by atoms with E-state index < -0.39 is 0 Å². The second-order valence-corrected chi connectivity index (χ2v) is 5.14. The highest BCUT2D eigenvalue weighted by molar-refractivity contribution is 5.85. The molecule has 25 heavy (non-hydrogen) atoms. The normalized spacial score (nSPS) is 9.96. The van der Waals surface area contributed by atoms with Crippen LogP contribution in [0.3, 0.4) is 0 Å². The van der Waals surface area contributed by atoms with E-state index in [0.29, 0.717) is 39.4 Å². The quantitative estimate of drug-likeness (QED) is 0.590. The minimum atomic E-state index is -0.339. The summed E-state index contributed by atoms with van der Waals surface area (Å²) >= 11 is 0. The molecule has 0 amide bonds. The smallest absolute Gasteiger partial charge is 0.146 e. The number of ether oxygens (including phenoxy) is 1. The average Bonchev–Trinajstić information content (AvgIpc) is 2.56. The Balaban J connectivity index is 0.00000288. The molecule has 2 aromatic rings. The molecule has 0 aliphatic rings. The minimum Gasteiger partial charge on any atom is -0.506 e. The van der Waals surface area contributed by atoms with Crippen LogP contribution in [0.4, 0.5) is 0 Å². The Morgan fingerprint density at radius 2 is 1.40 bits per heavy atom. The van der Waals surface area contributed by atoms with Gasteiger partial charge in [0.2, 0.25) is 0 Å². The number of pyridine rings is 2. The average molecular weight is 393 g/mol. The van der Waals surface area contributed by atoms with Crippen molar-refractivity contribution in [3.8, 4) is 11.5 Å². The molecular formula is C16H22Cl2N2O5. The summed E-state index contributed by atoms with van der Waals surface area (Å²) in [5, 5.41) is 38.2. The van der Waals surface area contributed by atoms with Gasteiger partial charge in [0.15, 0.2) is 0 Å². The Bertz CT molecular complexity index is 713. The van der Waals surface area contributed by atoms with Gasteiger partial charge in [-0.05, 0) is 13.8 Å². The van der Waals surface area contributed by atoms with Crippen molar-refractivity contribution >= 4 is 24.8 Å². The van der Waals surface area contributed by atoms with Crippen molar-refractivity contribution in [3.63, 3.8) is 0 Å². The van der Waals surface area contributed by atoms with Crippen LogP contribution in [0.5, 0.6) is 11.5 Å². The van der Waals surface area contributed by atoms with Gasteiger partial charge in [0, 0.05) is 34.6 Å². The summed E-state index contributed by atoms with van der Waals surface area (Å²) in [7, 11) is 0. The third-order valence-electron chi connectivity index (χ3n) is 3.69. The van der Waals surface area contributed by atoms with Crippen LogP contribution in [-0.4, -0.2) is 30.4 Å². The van der Waals surface area contributed by atoms with E-state index in [9.17, 15) is 20.4 Å². The zero-order valence-corrected chi connectivity index (χ0v) is 15.5. The lowest BCUT2D eigenvalue weighted by atomic mass is 10.1. The Morgan fingerprint density at radius 3 is 1.96 bits per heavy atom. The molecule has 2 aromatic heterocycles. The van der Waals surface area contributed by atoms with E-state index in [4.69, 9.17) is 4.74 Å². The topological polar surface area (TPSA) is 116 Å². The predicted octanol–water partition coefficient (Wildman–Crippen LogP) is 1.70. The number of halogens is 2. The summed E-state index contributed by atoms with van der Waals surface area (Å²) < 4.78 is 5.73. The van der Waals surface area contributed by atoms with Crippen molar-refractivity contribution < 1.29 is 25.2 Å². The van der Waals surface area contributed by atoms with Crippen LogP contribution in [0.15, 0.2) is 12.4 Å². The first-order valence-electron chi connectivity index (χ1n) is 7.12. The number of hydrogen-bond acceptors (Lipinski definition) is 7. The van der Waals surface area contributed by atoms with E-state index in [1.807, 2.05) is 0 Å². The summed E-state index contributed by atoms with van der Waals surface area (Å²) in [5.41, 5.74) is 2.84. The fourth-order valence-electron chi connectivity index (χ4n) is 2.31. The maximum Gasteiger partial charge on any atom is 0.146 e. The highest BCUT2D eigenvalue weighted by Gasteiger charge is 2.16. The zero-order chi connectivity index (χ0) is 17.0. The molecule has 9 heteroatoms. The summed E-state index contributed by atoms with van der Waals surface area (Å²) in [6, 6.07) is 0. The van der Waals surface area contributed by atoms with E-state index in [1.54, 1.807) is 13.8 Å². The van der Waals surface area contributed by atoms with Gasteiger partial charge in [-0.1, -0.05) is 0 Å². The molecule has 2 heterocycles. The van der Waals surface area contributed by atoms with Gasteiger partial charge < -0.3 is 25.2 Å². The SMILES string of the molecule is Cc1ncc(COc2c(C)ncc(CO)c2CO)c(CO)c1O.Cl.Cl. The van der Waals surface area contributed by atoms with Gasteiger partial charge in [-0.2, -0.15) is 0 Å². The van der Waals surface area contributed by atoms with E-state index in [1.165, 1.54) is 12.4 Å². The maximum atomic E-state index is 9.95. The number of aliphatic hydroxyl groups is 3. The molecule has 0 aliphatic carbocycles. The van der Waals surface area contributed by atoms with Gasteiger partial charge in [-0.3, -0.25) is 9.97 Å². The fraction of sp³-hybridized carbons (Fsp3) is 0.375. The van der Waals surface area contributed by atoms with Crippen molar-refractivity contribution in [1.29, 1.82) is 0 Å². The van der Waals surface area contributed by atoms with E-state index in [0.717, 1.165) is 0 Å². The molecule has 0 saturated carbocycles. The van der Waals surface area contributed by atoms with Crippen molar-refractivity contribution in [2.45, 2.75) is 40.3 Å². The van der Waals surface area contributed by atoms with Crippen LogP contribution >= 0.6 is 24.8 Å². The van der Waals surface area contributed by atoms with Crippen LogP contribution < -0.4 is 4.74 Å². The lowest BCUT2D eigenvalue weighted by Gasteiger charge is -2.16. The third kappa shape index (κ3) is 4.93. The first kappa shape index (κ1) is 23.4. The number of hydrogen-bond donors (Lipinski definition) is 4. The molecule has 0 aliphatic heterocycles. The largest absolute Gasteiger partial charge is 0.506 e. The van der Waals surface area contributed by atoms with Crippen LogP contribution in [0, 0.1) is 13.8 Å². The van der Waals surface area contributed by atoms with Crippen LogP contribution in [-0.2, 0) is 26.4 Å². The molecule has 0 radical (unpaired) electrons. The molecule has 140 valence electrons. The number of aromatic hydroxyl groups is 1. The summed E-state index contributed by atoms with van der Waals surface area (Å²) in [5.74, 6) is 0.318. The van der Waals surface area contributed by atoms with Crippen molar-refractivity contribution in [3.05, 3.63) is 46.0 Å². The van der Waals surface area contributed by atoms with Crippen molar-refractivity contribution in [2.75, 3.05) is 0 Å². The first-order valence-corrected chi connectivity index (χ1v) is 7.12. The molecule has 0 bridgehead atoms. The molecule has 2 rings (SSSR count). The van der Waals surface area contributed by atoms with Gasteiger partial charge in [0.1, 0.15) is 18.1 Å². The van der Waals surface area contributed by atoms with E-state index in [2.05, 4.69) is 9.97 Å². The second-order valence-electron chi connectivity index (χ2n) is 5.14.